The Labute approximate surface area is 157 Å². The van der Waals surface area contributed by atoms with E-state index in [-0.39, 0.29) is 28.4 Å². The van der Waals surface area contributed by atoms with Gasteiger partial charge in [-0.1, -0.05) is 44.5 Å². The molecule has 0 fully saturated rings. The lowest BCUT2D eigenvalue weighted by atomic mass is 9.86. The van der Waals surface area contributed by atoms with Gasteiger partial charge in [0.1, 0.15) is 17.4 Å². The van der Waals surface area contributed by atoms with Crippen LogP contribution < -0.4 is 0 Å². The molecule has 3 aromatic rings. The minimum atomic E-state index is -1.08. The third kappa shape index (κ3) is 2.72. The van der Waals surface area contributed by atoms with Crippen molar-refractivity contribution < 1.29 is 14.7 Å². The maximum Gasteiger partial charge on any atom is 0.180 e. The minimum absolute atomic E-state index is 0.0284. The molecule has 1 heterocycles. The van der Waals surface area contributed by atoms with Gasteiger partial charge in [-0.15, -0.1) is 0 Å². The molecule has 1 aromatic heterocycles. The molecule has 1 unspecified atom stereocenters. The molecule has 0 aliphatic heterocycles. The Bertz CT molecular complexity index is 1120. The van der Waals surface area contributed by atoms with Crippen molar-refractivity contribution in [3.8, 4) is 5.75 Å². The Morgan fingerprint density at radius 2 is 1.63 bits per heavy atom. The lowest BCUT2D eigenvalue weighted by Crippen LogP contribution is -2.15. The number of aryl methyl sites for hydroxylation is 1. The van der Waals surface area contributed by atoms with E-state index >= 15 is 0 Å². The monoisotopic (exact) mass is 359 g/mol. The highest BCUT2D eigenvalue weighted by Gasteiger charge is 2.42. The van der Waals surface area contributed by atoms with Crippen LogP contribution in [0.4, 0.5) is 0 Å². The molecular formula is C23H21NO3. The molecule has 4 nitrogen and oxygen atoms in total. The van der Waals surface area contributed by atoms with Gasteiger partial charge in [0, 0.05) is 16.5 Å². The number of hydrogen-bond acceptors (Lipinski definition) is 4. The van der Waals surface area contributed by atoms with Gasteiger partial charge < -0.3 is 5.11 Å². The Morgan fingerprint density at radius 1 is 0.926 bits per heavy atom. The molecule has 1 aliphatic rings. The quantitative estimate of drug-likeness (QED) is 0.639. The number of rotatable bonds is 1. The minimum Gasteiger partial charge on any atom is -0.506 e. The van der Waals surface area contributed by atoms with Gasteiger partial charge in [0.2, 0.25) is 0 Å². The Kier molecular flexibility index (Phi) is 3.70. The first-order valence-electron chi connectivity index (χ1n) is 9.00. The van der Waals surface area contributed by atoms with Gasteiger partial charge >= 0.3 is 0 Å². The number of benzene rings is 2. The summed E-state index contributed by atoms with van der Waals surface area (Å²) in [6.45, 7) is 8.23. The third-order valence-electron chi connectivity index (χ3n) is 5.19. The summed E-state index contributed by atoms with van der Waals surface area (Å²) in [5, 5.41) is 11.4. The van der Waals surface area contributed by atoms with Gasteiger partial charge in [0.05, 0.1) is 5.52 Å². The van der Waals surface area contributed by atoms with Gasteiger partial charge in [0.25, 0.3) is 0 Å². The van der Waals surface area contributed by atoms with Crippen LogP contribution in [-0.2, 0) is 5.41 Å². The van der Waals surface area contributed by atoms with E-state index in [1.807, 2.05) is 31.2 Å². The first-order valence-corrected chi connectivity index (χ1v) is 9.00. The number of aromatic nitrogens is 1. The van der Waals surface area contributed by atoms with Gasteiger partial charge in [-0.25, -0.2) is 4.98 Å². The van der Waals surface area contributed by atoms with Crippen molar-refractivity contribution in [1.82, 2.24) is 4.98 Å². The average Bonchev–Trinajstić information content (AvgIpc) is 2.83. The van der Waals surface area contributed by atoms with E-state index < -0.39 is 5.92 Å². The van der Waals surface area contributed by atoms with E-state index in [0.717, 1.165) is 16.5 Å². The van der Waals surface area contributed by atoms with E-state index in [4.69, 9.17) is 0 Å². The van der Waals surface area contributed by atoms with Gasteiger partial charge in [-0.05, 0) is 42.2 Å². The number of carbonyl (C=O) groups excluding carboxylic acids is 2. The number of aromatic hydroxyl groups is 1. The second-order valence-electron chi connectivity index (χ2n) is 8.26. The molecular weight excluding hydrogens is 338 g/mol. The molecule has 1 N–H and O–H groups in total. The highest BCUT2D eigenvalue weighted by Crippen LogP contribution is 2.38. The molecule has 4 rings (SSSR count). The smallest absolute Gasteiger partial charge is 0.180 e. The molecule has 0 saturated heterocycles. The molecule has 0 spiro atoms. The number of pyridine rings is 1. The van der Waals surface area contributed by atoms with Crippen LogP contribution in [0.2, 0.25) is 0 Å². The van der Waals surface area contributed by atoms with Crippen LogP contribution >= 0.6 is 0 Å². The zero-order chi connectivity index (χ0) is 19.5. The standard InChI is InChI=1S/C23H21NO3/c1-12-5-7-15-16(9-12)22(27)19(21(15)26)20-18(25)11-13-10-14(23(2,3)4)6-8-17(13)24-20/h5-11,19,25H,1-4H3. The molecule has 27 heavy (non-hydrogen) atoms. The van der Waals surface area contributed by atoms with Gasteiger partial charge in [-0.2, -0.15) is 0 Å². The topological polar surface area (TPSA) is 67.3 Å². The van der Waals surface area contributed by atoms with Crippen molar-refractivity contribution in [2.24, 2.45) is 0 Å². The van der Waals surface area contributed by atoms with Crippen molar-refractivity contribution in [2.75, 3.05) is 0 Å². The molecule has 2 aromatic carbocycles. The van der Waals surface area contributed by atoms with E-state index in [2.05, 4.69) is 25.8 Å². The lowest BCUT2D eigenvalue weighted by molar-refractivity contribution is 0.0886. The van der Waals surface area contributed by atoms with Crippen molar-refractivity contribution in [3.63, 3.8) is 0 Å². The predicted molar refractivity (Wildman–Crippen MR) is 105 cm³/mol. The first kappa shape index (κ1) is 17.4. The maximum atomic E-state index is 12.9. The molecule has 1 aliphatic carbocycles. The summed E-state index contributed by atoms with van der Waals surface area (Å²) in [4.78, 5) is 30.2. The number of ketones is 2. The van der Waals surface area contributed by atoms with Crippen molar-refractivity contribution in [2.45, 2.75) is 39.0 Å². The van der Waals surface area contributed by atoms with E-state index in [1.165, 1.54) is 0 Å². The molecule has 0 bridgehead atoms. The van der Waals surface area contributed by atoms with Crippen LogP contribution in [0, 0.1) is 6.92 Å². The Balaban J connectivity index is 1.84. The molecule has 0 amide bonds. The number of hydrogen-bond donors (Lipinski definition) is 1. The number of carbonyl (C=O) groups is 2. The van der Waals surface area contributed by atoms with Gasteiger partial charge in [0.15, 0.2) is 11.6 Å². The zero-order valence-electron chi connectivity index (χ0n) is 15.8. The van der Waals surface area contributed by atoms with E-state index in [1.54, 1.807) is 18.2 Å². The van der Waals surface area contributed by atoms with Crippen LogP contribution in [0.1, 0.15) is 64.2 Å². The summed E-state index contributed by atoms with van der Waals surface area (Å²) in [6.07, 6.45) is 0. The summed E-state index contributed by atoms with van der Waals surface area (Å²) < 4.78 is 0. The van der Waals surface area contributed by atoms with Crippen LogP contribution in [0.25, 0.3) is 10.9 Å². The number of Topliss-reactive ketones (excluding diaryl/α,β-unsaturated/α-hetero) is 2. The molecule has 136 valence electrons. The predicted octanol–water partition coefficient (Wildman–Crippen LogP) is 4.71. The fourth-order valence-corrected chi connectivity index (χ4v) is 3.61. The van der Waals surface area contributed by atoms with Crippen LogP contribution in [0.15, 0.2) is 42.5 Å². The molecule has 1 atom stereocenters. The first-order chi connectivity index (χ1) is 12.7. The van der Waals surface area contributed by atoms with Crippen LogP contribution in [0.3, 0.4) is 0 Å². The third-order valence-corrected chi connectivity index (χ3v) is 5.19. The van der Waals surface area contributed by atoms with Crippen molar-refractivity contribution in [1.29, 1.82) is 0 Å². The number of nitrogens with zero attached hydrogens (tertiary/aromatic N) is 1. The highest BCUT2D eigenvalue weighted by atomic mass is 16.3. The lowest BCUT2D eigenvalue weighted by Gasteiger charge is -2.19. The fraction of sp³-hybridized carbons (Fsp3) is 0.261. The molecule has 0 radical (unpaired) electrons. The van der Waals surface area contributed by atoms with Crippen molar-refractivity contribution in [3.05, 3.63) is 70.4 Å². The molecule has 0 saturated carbocycles. The average molecular weight is 359 g/mol. The normalized spacial score (nSPS) is 16.8. The maximum absolute atomic E-state index is 12.9. The van der Waals surface area contributed by atoms with Crippen LogP contribution in [-0.4, -0.2) is 21.7 Å². The SMILES string of the molecule is Cc1ccc2c(c1)C(=O)C(c1nc3ccc(C(C)(C)C)cc3cc1O)C2=O. The summed E-state index contributed by atoms with van der Waals surface area (Å²) >= 11 is 0. The van der Waals surface area contributed by atoms with Gasteiger partial charge in [-0.3, -0.25) is 9.59 Å². The highest BCUT2D eigenvalue weighted by molar-refractivity contribution is 6.29. The second-order valence-corrected chi connectivity index (χ2v) is 8.26. The largest absolute Gasteiger partial charge is 0.506 e. The summed E-state index contributed by atoms with van der Waals surface area (Å²) in [5.74, 6) is -1.80. The van der Waals surface area contributed by atoms with E-state index in [0.29, 0.717) is 16.6 Å². The summed E-state index contributed by atoms with van der Waals surface area (Å²) in [7, 11) is 0. The van der Waals surface area contributed by atoms with Crippen molar-refractivity contribution >= 4 is 22.5 Å². The van der Waals surface area contributed by atoms with E-state index in [9.17, 15) is 14.7 Å². The Hall–Kier alpha value is -3.01. The zero-order valence-corrected chi connectivity index (χ0v) is 15.8. The Morgan fingerprint density at radius 3 is 2.33 bits per heavy atom. The summed E-state index contributed by atoms with van der Waals surface area (Å²) in [5.41, 5.74) is 3.62. The summed E-state index contributed by atoms with van der Waals surface area (Å²) in [6, 6.07) is 12.7. The fourth-order valence-electron chi connectivity index (χ4n) is 3.61. The number of fused-ring (bicyclic) bond motifs is 2. The van der Waals surface area contributed by atoms with Crippen LogP contribution in [0.5, 0.6) is 5.75 Å². The molecule has 4 heteroatoms. The second kappa shape index (κ2) is 5.74.